The zero-order chi connectivity index (χ0) is 9.10. The van der Waals surface area contributed by atoms with E-state index in [9.17, 15) is 0 Å². The summed E-state index contributed by atoms with van der Waals surface area (Å²) in [6.07, 6.45) is 2.21. The van der Waals surface area contributed by atoms with Gasteiger partial charge in [0.25, 0.3) is 0 Å². The lowest BCUT2D eigenvalue weighted by atomic mass is 10.1. The van der Waals surface area contributed by atoms with Crippen molar-refractivity contribution in [2.75, 3.05) is 20.2 Å². The molecule has 0 amide bonds. The first-order valence-electron chi connectivity index (χ1n) is 4.45. The van der Waals surface area contributed by atoms with Crippen LogP contribution in [0.2, 0.25) is 0 Å². The fourth-order valence-corrected chi connectivity index (χ4v) is 1.38. The Balaban J connectivity index is 2.19. The Morgan fingerprint density at radius 2 is 2.00 bits per heavy atom. The van der Waals surface area contributed by atoms with E-state index in [0.717, 1.165) is 6.54 Å². The third-order valence-corrected chi connectivity index (χ3v) is 2.18. The van der Waals surface area contributed by atoms with E-state index in [1.54, 1.807) is 0 Å². The van der Waals surface area contributed by atoms with E-state index in [1.807, 2.05) is 18.2 Å². The SMILES string of the molecule is CN1CC=C(c2ccccc2)CO1. The maximum atomic E-state index is 5.41. The van der Waals surface area contributed by atoms with Crippen molar-refractivity contribution in [3.05, 3.63) is 42.0 Å². The quantitative estimate of drug-likeness (QED) is 0.646. The molecule has 0 unspecified atom stereocenters. The molecule has 0 N–H and O–H groups in total. The van der Waals surface area contributed by atoms with Gasteiger partial charge in [-0.3, -0.25) is 4.84 Å². The fraction of sp³-hybridized carbons (Fsp3) is 0.273. The van der Waals surface area contributed by atoms with Gasteiger partial charge in [0, 0.05) is 13.6 Å². The molecule has 13 heavy (non-hydrogen) atoms. The van der Waals surface area contributed by atoms with Gasteiger partial charge < -0.3 is 0 Å². The van der Waals surface area contributed by atoms with Crippen molar-refractivity contribution in [1.29, 1.82) is 0 Å². The minimum atomic E-state index is 0.681. The Hall–Kier alpha value is -1.12. The Bertz CT molecular complexity index is 305. The molecule has 1 aromatic rings. The molecule has 0 aromatic heterocycles. The molecule has 1 aliphatic rings. The summed E-state index contributed by atoms with van der Waals surface area (Å²) < 4.78 is 0. The van der Waals surface area contributed by atoms with Crippen LogP contribution in [-0.2, 0) is 4.84 Å². The molecule has 0 bridgehead atoms. The van der Waals surface area contributed by atoms with Crippen LogP contribution in [0.15, 0.2) is 36.4 Å². The second-order valence-electron chi connectivity index (χ2n) is 3.18. The van der Waals surface area contributed by atoms with E-state index in [1.165, 1.54) is 11.1 Å². The number of hydrogen-bond donors (Lipinski definition) is 0. The number of likely N-dealkylation sites (N-methyl/N-ethyl adjacent to an activating group) is 1. The van der Waals surface area contributed by atoms with E-state index in [-0.39, 0.29) is 0 Å². The molecule has 0 aliphatic carbocycles. The molecule has 0 fully saturated rings. The lowest BCUT2D eigenvalue weighted by molar-refractivity contribution is -0.122. The molecule has 0 radical (unpaired) electrons. The standard InChI is InChI=1S/C11H13NO/c1-12-8-7-11(9-13-12)10-5-3-2-4-6-10/h2-7H,8-9H2,1H3. The zero-order valence-corrected chi connectivity index (χ0v) is 7.73. The molecule has 0 spiro atoms. The highest BCUT2D eigenvalue weighted by molar-refractivity contribution is 5.66. The Morgan fingerprint density at radius 1 is 1.23 bits per heavy atom. The highest BCUT2D eigenvalue weighted by Gasteiger charge is 2.08. The predicted molar refractivity (Wildman–Crippen MR) is 53.0 cm³/mol. The van der Waals surface area contributed by atoms with Crippen molar-refractivity contribution in [2.45, 2.75) is 0 Å². The van der Waals surface area contributed by atoms with Gasteiger partial charge in [0.05, 0.1) is 6.61 Å². The summed E-state index contributed by atoms with van der Waals surface area (Å²) in [6.45, 7) is 1.55. The average molecular weight is 175 g/mol. The molecule has 1 aliphatic heterocycles. The third-order valence-electron chi connectivity index (χ3n) is 2.18. The molecule has 2 heteroatoms. The summed E-state index contributed by atoms with van der Waals surface area (Å²) in [5, 5.41) is 1.84. The summed E-state index contributed by atoms with van der Waals surface area (Å²) >= 11 is 0. The largest absolute Gasteiger partial charge is 0.294 e. The lowest BCUT2D eigenvalue weighted by Crippen LogP contribution is -2.24. The maximum absolute atomic E-state index is 5.41. The van der Waals surface area contributed by atoms with Gasteiger partial charge in [-0.15, -0.1) is 0 Å². The number of hydroxylamine groups is 2. The van der Waals surface area contributed by atoms with Crippen LogP contribution < -0.4 is 0 Å². The van der Waals surface area contributed by atoms with Crippen LogP contribution in [-0.4, -0.2) is 25.3 Å². The molecule has 0 saturated carbocycles. The van der Waals surface area contributed by atoms with E-state index < -0.39 is 0 Å². The lowest BCUT2D eigenvalue weighted by Gasteiger charge is -2.21. The van der Waals surface area contributed by atoms with Crippen LogP contribution >= 0.6 is 0 Å². The smallest absolute Gasteiger partial charge is 0.0939 e. The molecule has 68 valence electrons. The molecule has 0 atom stereocenters. The molecule has 2 rings (SSSR count). The summed E-state index contributed by atoms with van der Waals surface area (Å²) in [5.74, 6) is 0. The summed E-state index contributed by atoms with van der Waals surface area (Å²) in [5.41, 5.74) is 2.54. The number of benzene rings is 1. The van der Waals surface area contributed by atoms with E-state index in [0.29, 0.717) is 6.61 Å². The second kappa shape index (κ2) is 3.73. The molecule has 1 aromatic carbocycles. The van der Waals surface area contributed by atoms with Crippen molar-refractivity contribution < 1.29 is 4.84 Å². The Labute approximate surface area is 78.4 Å². The molecule has 2 nitrogen and oxygen atoms in total. The normalized spacial score (nSPS) is 18.4. The molecule has 1 heterocycles. The van der Waals surface area contributed by atoms with E-state index >= 15 is 0 Å². The van der Waals surface area contributed by atoms with Gasteiger partial charge in [-0.1, -0.05) is 36.4 Å². The third kappa shape index (κ3) is 1.97. The van der Waals surface area contributed by atoms with Crippen LogP contribution in [0.5, 0.6) is 0 Å². The van der Waals surface area contributed by atoms with Gasteiger partial charge in [0.15, 0.2) is 0 Å². The summed E-state index contributed by atoms with van der Waals surface area (Å²) in [6, 6.07) is 10.4. The van der Waals surface area contributed by atoms with Crippen molar-refractivity contribution in [3.63, 3.8) is 0 Å². The maximum Gasteiger partial charge on any atom is 0.0939 e. The van der Waals surface area contributed by atoms with Crippen LogP contribution in [0, 0.1) is 0 Å². The summed E-state index contributed by atoms with van der Waals surface area (Å²) in [4.78, 5) is 5.41. The first kappa shape index (κ1) is 8.48. The number of rotatable bonds is 1. The van der Waals surface area contributed by atoms with E-state index in [2.05, 4.69) is 30.3 Å². The van der Waals surface area contributed by atoms with Gasteiger partial charge in [-0.25, -0.2) is 0 Å². The first-order chi connectivity index (χ1) is 6.36. The second-order valence-corrected chi connectivity index (χ2v) is 3.18. The van der Waals surface area contributed by atoms with Crippen molar-refractivity contribution in [1.82, 2.24) is 5.06 Å². The van der Waals surface area contributed by atoms with Gasteiger partial charge in [0.2, 0.25) is 0 Å². The van der Waals surface area contributed by atoms with Crippen LogP contribution in [0.25, 0.3) is 5.57 Å². The van der Waals surface area contributed by atoms with Gasteiger partial charge in [-0.05, 0) is 11.1 Å². The van der Waals surface area contributed by atoms with Crippen LogP contribution in [0.3, 0.4) is 0 Å². The van der Waals surface area contributed by atoms with E-state index in [4.69, 9.17) is 4.84 Å². The van der Waals surface area contributed by atoms with Gasteiger partial charge in [-0.2, -0.15) is 5.06 Å². The molecular formula is C11H13NO. The first-order valence-corrected chi connectivity index (χ1v) is 4.45. The van der Waals surface area contributed by atoms with Crippen molar-refractivity contribution in [3.8, 4) is 0 Å². The topological polar surface area (TPSA) is 12.5 Å². The zero-order valence-electron chi connectivity index (χ0n) is 7.73. The monoisotopic (exact) mass is 175 g/mol. The highest BCUT2D eigenvalue weighted by Crippen LogP contribution is 2.17. The molecule has 0 saturated heterocycles. The number of hydrogen-bond acceptors (Lipinski definition) is 2. The van der Waals surface area contributed by atoms with Crippen molar-refractivity contribution >= 4 is 5.57 Å². The minimum absolute atomic E-state index is 0.681. The molecular weight excluding hydrogens is 162 g/mol. The predicted octanol–water partition coefficient (Wildman–Crippen LogP) is 1.95. The van der Waals surface area contributed by atoms with Gasteiger partial charge in [0.1, 0.15) is 0 Å². The van der Waals surface area contributed by atoms with Crippen LogP contribution in [0.4, 0.5) is 0 Å². The van der Waals surface area contributed by atoms with Gasteiger partial charge >= 0.3 is 0 Å². The minimum Gasteiger partial charge on any atom is -0.294 e. The number of nitrogens with zero attached hydrogens (tertiary/aromatic N) is 1. The Morgan fingerprint density at radius 3 is 2.62 bits per heavy atom. The Kier molecular flexibility index (Phi) is 2.43. The van der Waals surface area contributed by atoms with Crippen LogP contribution in [0.1, 0.15) is 5.56 Å². The highest BCUT2D eigenvalue weighted by atomic mass is 16.7. The fourth-order valence-electron chi connectivity index (χ4n) is 1.38. The van der Waals surface area contributed by atoms with Crippen molar-refractivity contribution in [2.24, 2.45) is 0 Å². The summed E-state index contributed by atoms with van der Waals surface area (Å²) in [7, 11) is 1.94. The average Bonchev–Trinajstić information content (AvgIpc) is 2.20.